The Morgan fingerprint density at radius 2 is 1.94 bits per heavy atom. The van der Waals surface area contributed by atoms with E-state index in [0.717, 1.165) is 20.6 Å². The Morgan fingerprint density at radius 1 is 1.35 bits per heavy atom. The molecule has 1 aromatic carbocycles. The van der Waals surface area contributed by atoms with Crippen LogP contribution in [0, 0.1) is 6.92 Å². The SMILES string of the molecule is Cc1nc(N)sc1Cc1c(Cl)cc(Br)cc1Cl. The summed E-state index contributed by atoms with van der Waals surface area (Å²) in [6.07, 6.45) is 0.658. The highest BCUT2D eigenvalue weighted by Crippen LogP contribution is 2.33. The van der Waals surface area contributed by atoms with Gasteiger partial charge in [0.25, 0.3) is 0 Å². The first-order valence-electron chi connectivity index (χ1n) is 4.82. The van der Waals surface area contributed by atoms with Gasteiger partial charge >= 0.3 is 0 Å². The van der Waals surface area contributed by atoms with E-state index in [1.807, 2.05) is 19.1 Å². The first-order valence-corrected chi connectivity index (χ1v) is 7.19. The fourth-order valence-electron chi connectivity index (χ4n) is 1.52. The Labute approximate surface area is 122 Å². The lowest BCUT2D eigenvalue weighted by atomic mass is 10.1. The lowest BCUT2D eigenvalue weighted by molar-refractivity contribution is 1.15. The molecule has 1 heterocycles. The predicted octanol–water partition coefficient (Wildman–Crippen LogP) is 4.69. The van der Waals surface area contributed by atoms with Crippen molar-refractivity contribution in [2.24, 2.45) is 0 Å². The molecular formula is C11H9BrCl2N2S. The number of hydrogen-bond acceptors (Lipinski definition) is 3. The Bertz CT molecular complexity index is 546. The van der Waals surface area contributed by atoms with Crippen LogP contribution in [0.1, 0.15) is 16.1 Å². The molecule has 2 aromatic rings. The molecule has 6 heteroatoms. The minimum atomic E-state index is 0.571. The molecule has 90 valence electrons. The van der Waals surface area contributed by atoms with Gasteiger partial charge in [0.2, 0.25) is 0 Å². The summed E-state index contributed by atoms with van der Waals surface area (Å²) in [5.74, 6) is 0. The van der Waals surface area contributed by atoms with Crippen LogP contribution in [-0.2, 0) is 6.42 Å². The van der Waals surface area contributed by atoms with E-state index in [1.54, 1.807) is 0 Å². The summed E-state index contributed by atoms with van der Waals surface area (Å²) < 4.78 is 0.872. The van der Waals surface area contributed by atoms with E-state index in [1.165, 1.54) is 11.3 Å². The lowest BCUT2D eigenvalue weighted by Gasteiger charge is -2.06. The maximum absolute atomic E-state index is 6.18. The van der Waals surface area contributed by atoms with Gasteiger partial charge in [0.15, 0.2) is 5.13 Å². The van der Waals surface area contributed by atoms with Crippen LogP contribution < -0.4 is 5.73 Å². The standard InChI is InChI=1S/C11H9BrCl2N2S/c1-5-10(17-11(15)16-5)4-7-8(13)2-6(12)3-9(7)14/h2-3H,4H2,1H3,(H2,15,16). The summed E-state index contributed by atoms with van der Waals surface area (Å²) >= 11 is 17.2. The Balaban J connectivity index is 2.39. The van der Waals surface area contributed by atoms with Crippen molar-refractivity contribution >= 4 is 55.6 Å². The van der Waals surface area contributed by atoms with Crippen LogP contribution in [0.3, 0.4) is 0 Å². The third kappa shape index (κ3) is 2.94. The van der Waals surface area contributed by atoms with Gasteiger partial charge in [-0.25, -0.2) is 4.98 Å². The molecule has 0 bridgehead atoms. The molecule has 0 atom stereocenters. The van der Waals surface area contributed by atoms with Crippen molar-refractivity contribution in [2.75, 3.05) is 5.73 Å². The summed E-state index contributed by atoms with van der Waals surface area (Å²) in [7, 11) is 0. The number of aryl methyl sites for hydroxylation is 1. The molecule has 2 N–H and O–H groups in total. The molecule has 0 saturated heterocycles. The predicted molar refractivity (Wildman–Crippen MR) is 78.2 cm³/mol. The molecule has 0 amide bonds. The number of nitrogens with zero attached hydrogens (tertiary/aromatic N) is 1. The van der Waals surface area contributed by atoms with E-state index >= 15 is 0 Å². The van der Waals surface area contributed by atoms with Crippen molar-refractivity contribution in [3.63, 3.8) is 0 Å². The zero-order valence-corrected chi connectivity index (χ0v) is 12.8. The van der Waals surface area contributed by atoms with Crippen LogP contribution in [0.5, 0.6) is 0 Å². The number of hydrogen-bond donors (Lipinski definition) is 1. The maximum atomic E-state index is 6.18. The van der Waals surface area contributed by atoms with E-state index < -0.39 is 0 Å². The molecule has 0 aliphatic carbocycles. The quantitative estimate of drug-likeness (QED) is 0.852. The summed E-state index contributed by atoms with van der Waals surface area (Å²) in [4.78, 5) is 5.28. The molecule has 0 aliphatic heterocycles. The molecule has 1 aromatic heterocycles. The maximum Gasteiger partial charge on any atom is 0.180 e. The minimum absolute atomic E-state index is 0.571. The summed E-state index contributed by atoms with van der Waals surface area (Å²) in [5.41, 5.74) is 7.51. The van der Waals surface area contributed by atoms with E-state index in [0.29, 0.717) is 21.6 Å². The Kier molecular flexibility index (Phi) is 3.98. The van der Waals surface area contributed by atoms with Gasteiger partial charge in [-0.15, -0.1) is 11.3 Å². The number of benzene rings is 1. The van der Waals surface area contributed by atoms with Crippen LogP contribution >= 0.6 is 50.5 Å². The Hall–Kier alpha value is -0.290. The van der Waals surface area contributed by atoms with Crippen LogP contribution in [0.2, 0.25) is 10.0 Å². The molecule has 0 aliphatic rings. The van der Waals surface area contributed by atoms with Crippen molar-refractivity contribution in [2.45, 2.75) is 13.3 Å². The summed E-state index contributed by atoms with van der Waals surface area (Å²) in [6, 6.07) is 3.67. The molecular weight excluding hydrogens is 343 g/mol. The van der Waals surface area contributed by atoms with E-state index in [2.05, 4.69) is 20.9 Å². The lowest BCUT2D eigenvalue weighted by Crippen LogP contribution is -1.91. The molecule has 17 heavy (non-hydrogen) atoms. The van der Waals surface area contributed by atoms with Gasteiger partial charge < -0.3 is 5.73 Å². The first kappa shape index (κ1) is 13.1. The van der Waals surface area contributed by atoms with Crippen molar-refractivity contribution in [1.82, 2.24) is 4.98 Å². The van der Waals surface area contributed by atoms with E-state index in [9.17, 15) is 0 Å². The number of nitrogens with two attached hydrogens (primary N) is 1. The van der Waals surface area contributed by atoms with Gasteiger partial charge in [-0.05, 0) is 24.6 Å². The molecule has 0 saturated carbocycles. The van der Waals surface area contributed by atoms with Crippen LogP contribution in [-0.4, -0.2) is 4.98 Å². The second-order valence-electron chi connectivity index (χ2n) is 3.59. The van der Waals surface area contributed by atoms with Crippen LogP contribution in [0.4, 0.5) is 5.13 Å². The van der Waals surface area contributed by atoms with Crippen molar-refractivity contribution in [3.05, 3.63) is 42.8 Å². The minimum Gasteiger partial charge on any atom is -0.375 e. The zero-order chi connectivity index (χ0) is 12.6. The third-order valence-corrected chi connectivity index (χ3v) is 4.47. The molecule has 0 unspecified atom stereocenters. The number of halogens is 3. The number of thiazole rings is 1. The summed E-state index contributed by atoms with van der Waals surface area (Å²) in [5, 5.41) is 1.87. The largest absolute Gasteiger partial charge is 0.375 e. The van der Waals surface area contributed by atoms with Gasteiger partial charge in [-0.2, -0.15) is 0 Å². The van der Waals surface area contributed by atoms with Crippen LogP contribution in [0.15, 0.2) is 16.6 Å². The van der Waals surface area contributed by atoms with E-state index in [4.69, 9.17) is 28.9 Å². The van der Waals surface area contributed by atoms with Gasteiger partial charge in [0.1, 0.15) is 0 Å². The van der Waals surface area contributed by atoms with Crippen molar-refractivity contribution in [1.29, 1.82) is 0 Å². The zero-order valence-electron chi connectivity index (χ0n) is 8.93. The second-order valence-corrected chi connectivity index (χ2v) is 6.43. The molecule has 0 spiro atoms. The van der Waals surface area contributed by atoms with Crippen molar-refractivity contribution in [3.8, 4) is 0 Å². The normalized spacial score (nSPS) is 10.8. The highest BCUT2D eigenvalue weighted by Gasteiger charge is 2.12. The van der Waals surface area contributed by atoms with Crippen molar-refractivity contribution < 1.29 is 0 Å². The smallest absolute Gasteiger partial charge is 0.180 e. The number of aromatic nitrogens is 1. The van der Waals surface area contributed by atoms with Gasteiger partial charge in [-0.3, -0.25) is 0 Å². The number of rotatable bonds is 2. The average molecular weight is 352 g/mol. The number of anilines is 1. The van der Waals surface area contributed by atoms with Crippen LogP contribution in [0.25, 0.3) is 0 Å². The monoisotopic (exact) mass is 350 g/mol. The van der Waals surface area contributed by atoms with E-state index in [-0.39, 0.29) is 0 Å². The second kappa shape index (κ2) is 5.14. The summed E-state index contributed by atoms with van der Waals surface area (Å²) in [6.45, 7) is 1.93. The third-order valence-electron chi connectivity index (χ3n) is 2.35. The van der Waals surface area contributed by atoms with Gasteiger partial charge in [0.05, 0.1) is 5.69 Å². The molecule has 0 fully saturated rings. The topological polar surface area (TPSA) is 38.9 Å². The highest BCUT2D eigenvalue weighted by molar-refractivity contribution is 9.10. The fraction of sp³-hybridized carbons (Fsp3) is 0.182. The number of nitrogen functional groups attached to an aromatic ring is 1. The average Bonchev–Trinajstić information content (AvgIpc) is 2.51. The highest BCUT2D eigenvalue weighted by atomic mass is 79.9. The molecule has 0 radical (unpaired) electrons. The van der Waals surface area contributed by atoms with Gasteiger partial charge in [0, 0.05) is 25.8 Å². The fourth-order valence-corrected chi connectivity index (χ4v) is 3.70. The van der Waals surface area contributed by atoms with Gasteiger partial charge in [-0.1, -0.05) is 39.1 Å². The first-order chi connectivity index (χ1) is 7.97. The molecule has 2 nitrogen and oxygen atoms in total. The molecule has 2 rings (SSSR count). The Morgan fingerprint density at radius 3 is 2.41 bits per heavy atom.